The number of aryl methyl sites for hydroxylation is 1. The SMILES string of the molecule is CC.[CH2-]n1c(C(=O)Nc2ccc(C)cc2)cc2ccncc21.[Y]. The van der Waals surface area contributed by atoms with Crippen molar-refractivity contribution in [3.63, 3.8) is 0 Å². The van der Waals surface area contributed by atoms with E-state index in [2.05, 4.69) is 17.3 Å². The van der Waals surface area contributed by atoms with Crippen LogP contribution in [0.1, 0.15) is 29.9 Å². The van der Waals surface area contributed by atoms with Crippen LogP contribution in [0.25, 0.3) is 10.9 Å². The van der Waals surface area contributed by atoms with Crippen molar-refractivity contribution in [1.82, 2.24) is 9.55 Å². The van der Waals surface area contributed by atoms with E-state index < -0.39 is 0 Å². The summed E-state index contributed by atoms with van der Waals surface area (Å²) in [7, 11) is 3.90. The standard InChI is InChI=1S/C16H14N3O.C2H6.Y/c1-11-3-5-13(6-4-11)18-16(20)14-9-12-7-8-17-10-15(12)19(14)2;1-2;/h3-10H,2H2,1H3,(H,18,20);1-2H3;/q-1;;. The van der Waals surface area contributed by atoms with Crippen LogP contribution in [0, 0.1) is 14.0 Å². The quantitative estimate of drug-likeness (QED) is 0.673. The molecule has 117 valence electrons. The zero-order chi connectivity index (χ0) is 16.1. The van der Waals surface area contributed by atoms with Gasteiger partial charge in [0.1, 0.15) is 0 Å². The molecule has 0 spiro atoms. The smallest absolute Gasteiger partial charge is 0.216 e. The summed E-state index contributed by atoms with van der Waals surface area (Å²) >= 11 is 0. The minimum absolute atomic E-state index is 0. The van der Waals surface area contributed by atoms with Crippen molar-refractivity contribution >= 4 is 22.5 Å². The van der Waals surface area contributed by atoms with E-state index in [9.17, 15) is 4.79 Å². The van der Waals surface area contributed by atoms with Crippen molar-refractivity contribution in [1.29, 1.82) is 0 Å². The molecule has 3 aromatic rings. The van der Waals surface area contributed by atoms with Crippen molar-refractivity contribution in [2.75, 3.05) is 5.32 Å². The van der Waals surface area contributed by atoms with Gasteiger partial charge < -0.3 is 9.88 Å². The first-order valence-electron chi connectivity index (χ1n) is 7.29. The van der Waals surface area contributed by atoms with Crippen LogP contribution in [0.3, 0.4) is 0 Å². The number of hydrogen-bond donors (Lipinski definition) is 1. The summed E-state index contributed by atoms with van der Waals surface area (Å²) in [5.41, 5.74) is 3.26. The number of pyridine rings is 1. The van der Waals surface area contributed by atoms with Crippen LogP contribution < -0.4 is 5.32 Å². The van der Waals surface area contributed by atoms with Crippen LogP contribution in [-0.4, -0.2) is 15.5 Å². The van der Waals surface area contributed by atoms with Crippen LogP contribution in [0.4, 0.5) is 5.69 Å². The Labute approximate surface area is 162 Å². The summed E-state index contributed by atoms with van der Waals surface area (Å²) in [4.78, 5) is 16.3. The predicted molar refractivity (Wildman–Crippen MR) is 91.0 cm³/mol. The number of anilines is 1. The van der Waals surface area contributed by atoms with Crippen LogP contribution in [0.15, 0.2) is 48.8 Å². The Kier molecular flexibility index (Phi) is 7.46. The van der Waals surface area contributed by atoms with Gasteiger partial charge in [0.2, 0.25) is 5.91 Å². The molecule has 3 rings (SSSR count). The molecule has 1 aromatic carbocycles. The van der Waals surface area contributed by atoms with E-state index >= 15 is 0 Å². The second-order valence-corrected chi connectivity index (χ2v) is 4.71. The molecule has 0 fully saturated rings. The van der Waals surface area contributed by atoms with Gasteiger partial charge in [0.25, 0.3) is 0 Å². The van der Waals surface area contributed by atoms with Gasteiger partial charge in [0.05, 0.1) is 0 Å². The minimum atomic E-state index is -0.181. The van der Waals surface area contributed by atoms with E-state index in [0.717, 1.165) is 22.2 Å². The van der Waals surface area contributed by atoms with Crippen molar-refractivity contribution in [3.8, 4) is 0 Å². The Bertz CT molecular complexity index is 779. The van der Waals surface area contributed by atoms with Crippen LogP contribution in [0.5, 0.6) is 0 Å². The van der Waals surface area contributed by atoms with Gasteiger partial charge in [-0.15, -0.1) is 7.05 Å². The van der Waals surface area contributed by atoms with E-state index in [4.69, 9.17) is 0 Å². The molecule has 0 aliphatic rings. The van der Waals surface area contributed by atoms with E-state index in [1.807, 2.05) is 57.2 Å². The first kappa shape index (κ1) is 19.4. The number of nitrogens with one attached hydrogen (secondary N) is 1. The number of hydrogen-bond acceptors (Lipinski definition) is 2. The number of rotatable bonds is 2. The van der Waals surface area contributed by atoms with Crippen molar-refractivity contribution in [3.05, 3.63) is 67.1 Å². The molecule has 1 radical (unpaired) electrons. The minimum Gasteiger partial charge on any atom is -0.476 e. The summed E-state index contributed by atoms with van der Waals surface area (Å²) in [6.45, 7) is 6.01. The maximum Gasteiger partial charge on any atom is 0.216 e. The molecule has 0 bridgehead atoms. The number of carbonyl (C=O) groups is 1. The predicted octanol–water partition coefficient (Wildman–Crippen LogP) is 4.26. The molecule has 4 nitrogen and oxygen atoms in total. The first-order chi connectivity index (χ1) is 10.6. The Hall–Kier alpha value is -1.65. The second-order valence-electron chi connectivity index (χ2n) is 4.71. The molecule has 1 amide bonds. The Morgan fingerprint density at radius 1 is 1.17 bits per heavy atom. The average Bonchev–Trinajstić information content (AvgIpc) is 2.89. The van der Waals surface area contributed by atoms with Gasteiger partial charge in [0, 0.05) is 50.3 Å². The Balaban J connectivity index is 0.000000849. The zero-order valence-corrected chi connectivity index (χ0v) is 16.5. The molecule has 0 saturated carbocycles. The van der Waals surface area contributed by atoms with E-state index in [0.29, 0.717) is 5.69 Å². The van der Waals surface area contributed by atoms with Crippen LogP contribution in [-0.2, 0) is 32.7 Å². The monoisotopic (exact) mass is 383 g/mol. The molecule has 0 saturated heterocycles. The molecule has 1 N–H and O–H groups in total. The summed E-state index contributed by atoms with van der Waals surface area (Å²) in [5.74, 6) is -0.181. The molecular formula is C18H20N3OY-. The number of aromatic nitrogens is 2. The average molecular weight is 383 g/mol. The van der Waals surface area contributed by atoms with Gasteiger partial charge in [-0.05, 0) is 36.8 Å². The van der Waals surface area contributed by atoms with Crippen molar-refractivity contribution < 1.29 is 37.5 Å². The molecule has 0 aliphatic heterocycles. The van der Waals surface area contributed by atoms with E-state index in [1.54, 1.807) is 17.0 Å². The maximum atomic E-state index is 12.3. The fourth-order valence-electron chi connectivity index (χ4n) is 2.12. The number of fused-ring (bicyclic) bond motifs is 1. The third-order valence-electron chi connectivity index (χ3n) is 3.25. The summed E-state index contributed by atoms with van der Waals surface area (Å²) in [6.07, 6.45) is 3.40. The normalized spacial score (nSPS) is 9.52. The molecule has 23 heavy (non-hydrogen) atoms. The fraction of sp³-hybridized carbons (Fsp3) is 0.167. The van der Waals surface area contributed by atoms with Gasteiger partial charge in [-0.3, -0.25) is 9.78 Å². The molecule has 2 heterocycles. The summed E-state index contributed by atoms with van der Waals surface area (Å²) in [6, 6.07) is 11.3. The molecule has 0 atom stereocenters. The molecule has 5 heteroatoms. The Morgan fingerprint density at radius 3 is 2.43 bits per heavy atom. The van der Waals surface area contributed by atoms with Gasteiger partial charge in [-0.1, -0.05) is 43.0 Å². The molecule has 2 aromatic heterocycles. The fourth-order valence-corrected chi connectivity index (χ4v) is 2.12. The first-order valence-corrected chi connectivity index (χ1v) is 7.29. The van der Waals surface area contributed by atoms with Crippen LogP contribution >= 0.6 is 0 Å². The van der Waals surface area contributed by atoms with Gasteiger partial charge in [0.15, 0.2) is 0 Å². The number of carbonyl (C=O) groups excluding carboxylic acids is 1. The van der Waals surface area contributed by atoms with Crippen LogP contribution in [0.2, 0.25) is 0 Å². The second kappa shape index (κ2) is 8.85. The van der Waals surface area contributed by atoms with Gasteiger partial charge in [-0.2, -0.15) is 0 Å². The summed E-state index contributed by atoms with van der Waals surface area (Å²) < 4.78 is 1.60. The van der Waals surface area contributed by atoms with Crippen molar-refractivity contribution in [2.45, 2.75) is 20.8 Å². The maximum absolute atomic E-state index is 12.3. The number of nitrogens with zero attached hydrogens (tertiary/aromatic N) is 2. The van der Waals surface area contributed by atoms with E-state index in [1.165, 1.54) is 0 Å². The zero-order valence-electron chi connectivity index (χ0n) is 13.7. The number of amides is 1. The van der Waals surface area contributed by atoms with Gasteiger partial charge >= 0.3 is 0 Å². The van der Waals surface area contributed by atoms with Gasteiger partial charge in [-0.25, -0.2) is 0 Å². The Morgan fingerprint density at radius 2 is 1.83 bits per heavy atom. The number of benzene rings is 1. The van der Waals surface area contributed by atoms with E-state index in [-0.39, 0.29) is 38.6 Å². The molecule has 0 aliphatic carbocycles. The third kappa shape index (κ3) is 4.43. The topological polar surface area (TPSA) is 46.9 Å². The summed E-state index contributed by atoms with van der Waals surface area (Å²) in [5, 5.41) is 3.82. The molecule has 0 unspecified atom stereocenters. The third-order valence-corrected chi connectivity index (χ3v) is 3.25. The molecular weight excluding hydrogens is 363 g/mol. The van der Waals surface area contributed by atoms with Crippen molar-refractivity contribution in [2.24, 2.45) is 0 Å². The largest absolute Gasteiger partial charge is 0.476 e.